The first kappa shape index (κ1) is 14.9. The SMILES string of the molecule is COCCOCC1CCN(C(=O)c2cccnc2)CC1. The summed E-state index contributed by atoms with van der Waals surface area (Å²) >= 11 is 0. The highest BCUT2D eigenvalue weighted by atomic mass is 16.5. The third kappa shape index (κ3) is 4.28. The molecule has 2 heterocycles. The first-order chi connectivity index (χ1) is 9.81. The van der Waals surface area contributed by atoms with Crippen LogP contribution in [0.15, 0.2) is 24.5 Å². The minimum Gasteiger partial charge on any atom is -0.382 e. The summed E-state index contributed by atoms with van der Waals surface area (Å²) < 4.78 is 10.5. The monoisotopic (exact) mass is 278 g/mol. The molecule has 1 aliphatic heterocycles. The van der Waals surface area contributed by atoms with Crippen LogP contribution in [-0.2, 0) is 9.47 Å². The highest BCUT2D eigenvalue weighted by Crippen LogP contribution is 2.19. The molecule has 110 valence electrons. The van der Waals surface area contributed by atoms with Crippen molar-refractivity contribution in [1.82, 2.24) is 9.88 Å². The second-order valence-corrected chi connectivity index (χ2v) is 5.04. The Morgan fingerprint density at radius 3 is 2.85 bits per heavy atom. The molecule has 0 N–H and O–H groups in total. The lowest BCUT2D eigenvalue weighted by atomic mass is 9.97. The Morgan fingerprint density at radius 1 is 1.40 bits per heavy atom. The van der Waals surface area contributed by atoms with Gasteiger partial charge in [-0.15, -0.1) is 0 Å². The second kappa shape index (κ2) is 7.97. The molecular weight excluding hydrogens is 256 g/mol. The topological polar surface area (TPSA) is 51.7 Å². The Kier molecular flexibility index (Phi) is 5.95. The molecule has 1 aliphatic rings. The first-order valence-corrected chi connectivity index (χ1v) is 7.07. The van der Waals surface area contributed by atoms with Crippen LogP contribution in [0.1, 0.15) is 23.2 Å². The Morgan fingerprint density at radius 2 is 2.20 bits per heavy atom. The van der Waals surface area contributed by atoms with Crippen molar-refractivity contribution in [2.75, 3.05) is 40.0 Å². The molecule has 1 aromatic heterocycles. The number of carbonyl (C=O) groups is 1. The maximum absolute atomic E-state index is 12.2. The van der Waals surface area contributed by atoms with Crippen molar-refractivity contribution in [3.05, 3.63) is 30.1 Å². The molecule has 2 rings (SSSR count). The molecule has 0 aliphatic carbocycles. The number of amides is 1. The van der Waals surface area contributed by atoms with Gasteiger partial charge in [0.25, 0.3) is 5.91 Å². The van der Waals surface area contributed by atoms with Crippen molar-refractivity contribution in [3.63, 3.8) is 0 Å². The maximum atomic E-state index is 12.2. The Labute approximate surface area is 119 Å². The van der Waals surface area contributed by atoms with Crippen LogP contribution in [-0.4, -0.2) is 55.8 Å². The van der Waals surface area contributed by atoms with Crippen molar-refractivity contribution < 1.29 is 14.3 Å². The number of rotatable bonds is 6. The fraction of sp³-hybridized carbons (Fsp3) is 0.600. The molecule has 0 aromatic carbocycles. The number of hydrogen-bond donors (Lipinski definition) is 0. The molecule has 1 saturated heterocycles. The van der Waals surface area contributed by atoms with Gasteiger partial charge in [-0.1, -0.05) is 0 Å². The molecule has 0 saturated carbocycles. The van der Waals surface area contributed by atoms with E-state index in [0.717, 1.165) is 32.5 Å². The number of aromatic nitrogens is 1. The lowest BCUT2D eigenvalue weighted by Crippen LogP contribution is -2.39. The van der Waals surface area contributed by atoms with Gasteiger partial charge >= 0.3 is 0 Å². The van der Waals surface area contributed by atoms with Gasteiger partial charge in [0.2, 0.25) is 0 Å². The van der Waals surface area contributed by atoms with Crippen molar-refractivity contribution in [3.8, 4) is 0 Å². The van der Waals surface area contributed by atoms with Crippen molar-refractivity contribution in [2.45, 2.75) is 12.8 Å². The maximum Gasteiger partial charge on any atom is 0.255 e. The fourth-order valence-electron chi connectivity index (χ4n) is 2.37. The molecular formula is C15H22N2O3. The van der Waals surface area contributed by atoms with E-state index in [-0.39, 0.29) is 5.91 Å². The molecule has 0 spiro atoms. The first-order valence-electron chi connectivity index (χ1n) is 7.07. The quantitative estimate of drug-likeness (QED) is 0.742. The Bertz CT molecular complexity index is 403. The average molecular weight is 278 g/mol. The van der Waals surface area contributed by atoms with Crippen LogP contribution in [0.5, 0.6) is 0 Å². The number of hydrogen-bond acceptors (Lipinski definition) is 4. The summed E-state index contributed by atoms with van der Waals surface area (Å²) in [7, 11) is 1.67. The van der Waals surface area contributed by atoms with Crippen LogP contribution in [0.2, 0.25) is 0 Å². The normalized spacial score (nSPS) is 16.4. The lowest BCUT2D eigenvalue weighted by molar-refractivity contribution is 0.0327. The summed E-state index contributed by atoms with van der Waals surface area (Å²) in [5.74, 6) is 0.627. The van der Waals surface area contributed by atoms with Crippen molar-refractivity contribution in [1.29, 1.82) is 0 Å². The number of methoxy groups -OCH3 is 1. The smallest absolute Gasteiger partial charge is 0.255 e. The highest BCUT2D eigenvalue weighted by molar-refractivity contribution is 5.93. The predicted octanol–water partition coefficient (Wildman–Crippen LogP) is 1.60. The molecule has 20 heavy (non-hydrogen) atoms. The zero-order valence-electron chi connectivity index (χ0n) is 12.0. The standard InChI is InChI=1S/C15H22N2O3/c1-19-9-10-20-12-13-4-7-17(8-5-13)15(18)14-3-2-6-16-11-14/h2-3,6,11,13H,4-5,7-10,12H2,1H3. The number of pyridine rings is 1. The van der Waals surface area contributed by atoms with Crippen LogP contribution >= 0.6 is 0 Å². The third-order valence-corrected chi connectivity index (χ3v) is 3.60. The van der Waals surface area contributed by atoms with Crippen LogP contribution in [0.3, 0.4) is 0 Å². The van der Waals surface area contributed by atoms with E-state index < -0.39 is 0 Å². The summed E-state index contributed by atoms with van der Waals surface area (Å²) in [5, 5.41) is 0. The predicted molar refractivity (Wildman–Crippen MR) is 75.6 cm³/mol. The highest BCUT2D eigenvalue weighted by Gasteiger charge is 2.23. The molecule has 5 heteroatoms. The fourth-order valence-corrected chi connectivity index (χ4v) is 2.37. The van der Waals surface area contributed by atoms with Crippen LogP contribution in [0.25, 0.3) is 0 Å². The molecule has 1 aromatic rings. The van der Waals surface area contributed by atoms with Crippen molar-refractivity contribution >= 4 is 5.91 Å². The molecule has 1 amide bonds. The van der Waals surface area contributed by atoms with Gasteiger partial charge in [0.05, 0.1) is 18.8 Å². The molecule has 0 atom stereocenters. The third-order valence-electron chi connectivity index (χ3n) is 3.60. The zero-order chi connectivity index (χ0) is 14.2. The molecule has 0 unspecified atom stereocenters. The van der Waals surface area contributed by atoms with E-state index in [9.17, 15) is 4.79 Å². The van der Waals surface area contributed by atoms with Crippen LogP contribution in [0, 0.1) is 5.92 Å². The van der Waals surface area contributed by atoms with E-state index in [2.05, 4.69) is 4.98 Å². The summed E-state index contributed by atoms with van der Waals surface area (Å²) in [4.78, 5) is 18.1. The minimum absolute atomic E-state index is 0.0804. The number of ether oxygens (including phenoxy) is 2. The van der Waals surface area contributed by atoms with Gasteiger partial charge < -0.3 is 14.4 Å². The van der Waals surface area contributed by atoms with Gasteiger partial charge in [-0.25, -0.2) is 0 Å². The van der Waals surface area contributed by atoms with Gasteiger partial charge in [-0.3, -0.25) is 9.78 Å². The Balaban J connectivity index is 1.73. The van der Waals surface area contributed by atoms with Crippen LogP contribution < -0.4 is 0 Å². The van der Waals surface area contributed by atoms with Gasteiger partial charge in [-0.05, 0) is 30.9 Å². The van der Waals surface area contributed by atoms with Gasteiger partial charge in [0, 0.05) is 39.2 Å². The van der Waals surface area contributed by atoms with E-state index in [1.54, 1.807) is 25.6 Å². The van der Waals surface area contributed by atoms with E-state index in [1.807, 2.05) is 11.0 Å². The summed E-state index contributed by atoms with van der Waals surface area (Å²) in [5.41, 5.74) is 0.669. The van der Waals surface area contributed by atoms with E-state index in [1.165, 1.54) is 0 Å². The molecule has 5 nitrogen and oxygen atoms in total. The van der Waals surface area contributed by atoms with E-state index >= 15 is 0 Å². The average Bonchev–Trinajstić information content (AvgIpc) is 2.52. The summed E-state index contributed by atoms with van der Waals surface area (Å²) in [6.45, 7) is 3.64. The van der Waals surface area contributed by atoms with E-state index in [4.69, 9.17) is 9.47 Å². The molecule has 0 radical (unpaired) electrons. The summed E-state index contributed by atoms with van der Waals surface area (Å²) in [6, 6.07) is 3.61. The lowest BCUT2D eigenvalue weighted by Gasteiger charge is -2.31. The van der Waals surface area contributed by atoms with Gasteiger partial charge in [0.15, 0.2) is 0 Å². The summed E-state index contributed by atoms with van der Waals surface area (Å²) in [6.07, 6.45) is 5.31. The Hall–Kier alpha value is -1.46. The van der Waals surface area contributed by atoms with Gasteiger partial charge in [0.1, 0.15) is 0 Å². The van der Waals surface area contributed by atoms with Crippen molar-refractivity contribution in [2.24, 2.45) is 5.92 Å². The molecule has 0 bridgehead atoms. The number of likely N-dealkylation sites (tertiary alicyclic amines) is 1. The number of nitrogens with zero attached hydrogens (tertiary/aromatic N) is 2. The number of carbonyl (C=O) groups excluding carboxylic acids is 1. The second-order valence-electron chi connectivity index (χ2n) is 5.04. The van der Waals surface area contributed by atoms with E-state index in [0.29, 0.717) is 24.7 Å². The van der Waals surface area contributed by atoms with Crippen LogP contribution in [0.4, 0.5) is 0 Å². The largest absolute Gasteiger partial charge is 0.382 e. The van der Waals surface area contributed by atoms with Gasteiger partial charge in [-0.2, -0.15) is 0 Å². The zero-order valence-corrected chi connectivity index (χ0v) is 12.0. The minimum atomic E-state index is 0.0804. The molecule has 1 fully saturated rings. The number of piperidine rings is 1.